The molecule has 2 nitrogen and oxygen atoms in total. The third-order valence-electron chi connectivity index (χ3n) is 4.38. The summed E-state index contributed by atoms with van der Waals surface area (Å²) >= 11 is 0. The molecule has 0 aromatic heterocycles. The maximum atomic E-state index is 5.85. The molecule has 0 aromatic rings. The van der Waals surface area contributed by atoms with Crippen molar-refractivity contribution in [3.63, 3.8) is 0 Å². The van der Waals surface area contributed by atoms with Crippen molar-refractivity contribution in [2.45, 2.75) is 86.0 Å². The van der Waals surface area contributed by atoms with E-state index in [1.54, 1.807) is 0 Å². The van der Waals surface area contributed by atoms with Gasteiger partial charge in [-0.3, -0.25) is 0 Å². The summed E-state index contributed by atoms with van der Waals surface area (Å²) in [6.45, 7) is 14.5. The van der Waals surface area contributed by atoms with E-state index in [2.05, 4.69) is 34.6 Å². The molecular formula is C20H43NO. The highest BCUT2D eigenvalue weighted by Crippen LogP contribution is 2.24. The van der Waals surface area contributed by atoms with Crippen molar-refractivity contribution in [1.29, 1.82) is 0 Å². The average Bonchev–Trinajstić information content (AvgIpc) is 2.40. The monoisotopic (exact) mass is 313 g/mol. The molecule has 0 saturated carbocycles. The van der Waals surface area contributed by atoms with E-state index in [1.807, 2.05) is 0 Å². The molecule has 0 bridgehead atoms. The second-order valence-electron chi connectivity index (χ2n) is 8.05. The summed E-state index contributed by atoms with van der Waals surface area (Å²) in [5.41, 5.74) is 5.49. The Bertz CT molecular complexity index is 230. The van der Waals surface area contributed by atoms with Crippen LogP contribution >= 0.6 is 0 Å². The summed E-state index contributed by atoms with van der Waals surface area (Å²) in [4.78, 5) is 0. The molecule has 2 heteroatoms. The molecule has 0 saturated heterocycles. The summed E-state index contributed by atoms with van der Waals surface area (Å²) in [5.74, 6) is 3.20. The third kappa shape index (κ3) is 14.8. The minimum absolute atomic E-state index is 0.693. The van der Waals surface area contributed by atoms with Crippen molar-refractivity contribution >= 4 is 0 Å². The zero-order valence-electron chi connectivity index (χ0n) is 16.1. The van der Waals surface area contributed by atoms with Gasteiger partial charge in [0.05, 0.1) is 0 Å². The summed E-state index contributed by atoms with van der Waals surface area (Å²) in [7, 11) is 0. The van der Waals surface area contributed by atoms with Crippen LogP contribution in [0.4, 0.5) is 0 Å². The zero-order valence-corrected chi connectivity index (χ0v) is 16.1. The van der Waals surface area contributed by atoms with Crippen LogP contribution in [0.1, 0.15) is 86.0 Å². The summed E-state index contributed by atoms with van der Waals surface area (Å²) in [6, 6.07) is 0. The van der Waals surface area contributed by atoms with Crippen LogP contribution < -0.4 is 5.73 Å². The predicted molar refractivity (Wildman–Crippen MR) is 99.1 cm³/mol. The van der Waals surface area contributed by atoms with E-state index in [1.165, 1.54) is 51.4 Å². The van der Waals surface area contributed by atoms with Crippen LogP contribution in [0.3, 0.4) is 0 Å². The van der Waals surface area contributed by atoms with E-state index in [0.717, 1.165) is 37.5 Å². The van der Waals surface area contributed by atoms with Gasteiger partial charge in [0.1, 0.15) is 0 Å². The molecule has 0 heterocycles. The molecule has 0 spiro atoms. The standard InChI is InChI=1S/C20H43NO/c1-17(2)13-18(3)14-19(4)15-20(5)16-22-12-10-8-6-7-9-11-21/h17-20H,6-16,21H2,1-5H3. The van der Waals surface area contributed by atoms with Crippen molar-refractivity contribution in [2.75, 3.05) is 19.8 Å². The minimum Gasteiger partial charge on any atom is -0.381 e. The van der Waals surface area contributed by atoms with Crippen molar-refractivity contribution < 1.29 is 4.74 Å². The topological polar surface area (TPSA) is 35.2 Å². The molecule has 0 aromatic carbocycles. The first-order valence-electron chi connectivity index (χ1n) is 9.73. The highest BCUT2D eigenvalue weighted by molar-refractivity contribution is 4.64. The summed E-state index contributed by atoms with van der Waals surface area (Å²) in [6.07, 6.45) is 10.3. The van der Waals surface area contributed by atoms with Crippen molar-refractivity contribution in [3.05, 3.63) is 0 Å². The Morgan fingerprint density at radius 3 is 1.86 bits per heavy atom. The molecular weight excluding hydrogens is 270 g/mol. The highest BCUT2D eigenvalue weighted by atomic mass is 16.5. The molecule has 3 unspecified atom stereocenters. The smallest absolute Gasteiger partial charge is 0.0491 e. The Kier molecular flexibility index (Phi) is 14.5. The average molecular weight is 314 g/mol. The molecule has 0 aliphatic heterocycles. The zero-order chi connectivity index (χ0) is 16.8. The van der Waals surface area contributed by atoms with Crippen LogP contribution in [0.15, 0.2) is 0 Å². The van der Waals surface area contributed by atoms with Crippen LogP contribution in [-0.2, 0) is 4.74 Å². The first kappa shape index (κ1) is 21.9. The van der Waals surface area contributed by atoms with Gasteiger partial charge in [0.15, 0.2) is 0 Å². The van der Waals surface area contributed by atoms with E-state index in [0.29, 0.717) is 5.92 Å². The predicted octanol–water partition coefficient (Wildman–Crippen LogP) is 5.65. The van der Waals surface area contributed by atoms with E-state index >= 15 is 0 Å². The highest BCUT2D eigenvalue weighted by Gasteiger charge is 2.13. The Labute approximate surface area is 140 Å². The van der Waals surface area contributed by atoms with E-state index in [-0.39, 0.29) is 0 Å². The van der Waals surface area contributed by atoms with Gasteiger partial charge in [-0.1, -0.05) is 53.9 Å². The van der Waals surface area contributed by atoms with Crippen molar-refractivity contribution in [1.82, 2.24) is 0 Å². The van der Waals surface area contributed by atoms with Gasteiger partial charge in [0, 0.05) is 13.2 Å². The number of hydrogen-bond donors (Lipinski definition) is 1. The fourth-order valence-electron chi connectivity index (χ4n) is 3.60. The van der Waals surface area contributed by atoms with Crippen LogP contribution in [0.25, 0.3) is 0 Å². The van der Waals surface area contributed by atoms with Gasteiger partial charge in [0.25, 0.3) is 0 Å². The Morgan fingerprint density at radius 1 is 0.682 bits per heavy atom. The molecule has 0 aliphatic carbocycles. The van der Waals surface area contributed by atoms with Crippen molar-refractivity contribution in [3.8, 4) is 0 Å². The molecule has 0 rings (SSSR count). The summed E-state index contributed by atoms with van der Waals surface area (Å²) in [5, 5.41) is 0. The lowest BCUT2D eigenvalue weighted by atomic mass is 9.86. The van der Waals surface area contributed by atoms with E-state index < -0.39 is 0 Å². The van der Waals surface area contributed by atoms with Gasteiger partial charge in [-0.15, -0.1) is 0 Å². The van der Waals surface area contributed by atoms with Gasteiger partial charge < -0.3 is 10.5 Å². The maximum Gasteiger partial charge on any atom is 0.0491 e. The fourth-order valence-corrected chi connectivity index (χ4v) is 3.60. The molecule has 134 valence electrons. The molecule has 0 amide bonds. The third-order valence-corrected chi connectivity index (χ3v) is 4.38. The van der Waals surface area contributed by atoms with E-state index in [4.69, 9.17) is 10.5 Å². The van der Waals surface area contributed by atoms with Gasteiger partial charge in [-0.25, -0.2) is 0 Å². The Hall–Kier alpha value is -0.0800. The Morgan fingerprint density at radius 2 is 1.23 bits per heavy atom. The number of rotatable bonds is 15. The molecule has 0 aliphatic rings. The van der Waals surface area contributed by atoms with Crippen LogP contribution in [0.5, 0.6) is 0 Å². The van der Waals surface area contributed by atoms with Crippen LogP contribution in [0.2, 0.25) is 0 Å². The normalized spacial score (nSPS) is 16.0. The fraction of sp³-hybridized carbons (Fsp3) is 1.00. The lowest BCUT2D eigenvalue weighted by Gasteiger charge is -2.21. The largest absolute Gasteiger partial charge is 0.381 e. The molecule has 0 fully saturated rings. The van der Waals surface area contributed by atoms with Gasteiger partial charge >= 0.3 is 0 Å². The second kappa shape index (κ2) is 14.5. The molecule has 3 atom stereocenters. The van der Waals surface area contributed by atoms with E-state index in [9.17, 15) is 0 Å². The lowest BCUT2D eigenvalue weighted by molar-refractivity contribution is 0.0919. The minimum atomic E-state index is 0.693. The second-order valence-corrected chi connectivity index (χ2v) is 8.05. The van der Waals surface area contributed by atoms with Crippen LogP contribution in [-0.4, -0.2) is 19.8 Å². The van der Waals surface area contributed by atoms with Gasteiger partial charge in [-0.2, -0.15) is 0 Å². The molecule has 2 N–H and O–H groups in total. The molecule has 0 radical (unpaired) electrons. The number of unbranched alkanes of at least 4 members (excludes halogenated alkanes) is 4. The quantitative estimate of drug-likeness (QED) is 0.397. The van der Waals surface area contributed by atoms with Crippen LogP contribution in [0, 0.1) is 23.7 Å². The first-order chi connectivity index (χ1) is 10.5. The van der Waals surface area contributed by atoms with Gasteiger partial charge in [-0.05, 0) is 62.3 Å². The van der Waals surface area contributed by atoms with Gasteiger partial charge in [0.2, 0.25) is 0 Å². The maximum absolute atomic E-state index is 5.85. The number of ether oxygens (including phenoxy) is 1. The van der Waals surface area contributed by atoms with Crippen molar-refractivity contribution in [2.24, 2.45) is 29.4 Å². The number of hydrogen-bond acceptors (Lipinski definition) is 2. The number of nitrogens with two attached hydrogens (primary N) is 1. The summed E-state index contributed by atoms with van der Waals surface area (Å²) < 4.78 is 5.85. The SMILES string of the molecule is CC(C)CC(C)CC(C)CC(C)COCCCCCCCN. The Balaban J connectivity index is 3.49. The first-order valence-corrected chi connectivity index (χ1v) is 9.73. The molecule has 22 heavy (non-hydrogen) atoms. The lowest BCUT2D eigenvalue weighted by Crippen LogP contribution is -2.13.